The van der Waals surface area contributed by atoms with Crippen LogP contribution in [0.25, 0.3) is 0 Å². The molecule has 0 amide bonds. The molecule has 8 atom stereocenters. The third kappa shape index (κ3) is 3.85. The van der Waals surface area contributed by atoms with Gasteiger partial charge in [-0.1, -0.05) is 13.8 Å². The van der Waals surface area contributed by atoms with Crippen molar-refractivity contribution in [3.05, 3.63) is 0 Å². The number of esters is 1. The van der Waals surface area contributed by atoms with Crippen LogP contribution in [0.15, 0.2) is 0 Å². The van der Waals surface area contributed by atoms with Crippen molar-refractivity contribution in [3.63, 3.8) is 0 Å². The van der Waals surface area contributed by atoms with E-state index in [2.05, 4.69) is 6.92 Å². The zero-order valence-electron chi connectivity index (χ0n) is 16.1. The van der Waals surface area contributed by atoms with E-state index in [1.807, 2.05) is 6.92 Å². The zero-order chi connectivity index (χ0) is 20.0. The van der Waals surface area contributed by atoms with Gasteiger partial charge in [0.05, 0.1) is 12.8 Å². The predicted molar refractivity (Wildman–Crippen MR) is 92.1 cm³/mol. The highest BCUT2D eigenvalue weighted by molar-refractivity contribution is 5.76. The molecule has 1 unspecified atom stereocenters. The fourth-order valence-corrected chi connectivity index (χ4v) is 5.07. The Morgan fingerprint density at radius 3 is 2.48 bits per heavy atom. The first kappa shape index (κ1) is 20.5. The smallest absolute Gasteiger partial charge is 0.308 e. The van der Waals surface area contributed by atoms with Crippen LogP contribution in [0, 0.1) is 23.7 Å². The first-order chi connectivity index (χ1) is 12.5. The number of hydrogen-bond acceptors (Lipinski definition) is 7. The van der Waals surface area contributed by atoms with E-state index in [0.717, 1.165) is 12.8 Å². The maximum atomic E-state index is 12.0. The third-order valence-electron chi connectivity index (χ3n) is 6.58. The Hall–Kier alpha value is -1.22. The van der Waals surface area contributed by atoms with Crippen LogP contribution in [-0.2, 0) is 23.8 Å². The lowest BCUT2D eigenvalue weighted by molar-refractivity contribution is -0.403. The second-order valence-corrected chi connectivity index (χ2v) is 8.57. The fraction of sp³-hybridized carbons (Fsp3) is 0.895. The fourth-order valence-electron chi connectivity index (χ4n) is 5.07. The molecule has 3 fully saturated rings. The average molecular weight is 386 g/mol. The summed E-state index contributed by atoms with van der Waals surface area (Å²) in [4.78, 5) is 22.7. The first-order valence-corrected chi connectivity index (χ1v) is 9.74. The van der Waals surface area contributed by atoms with Crippen LogP contribution in [0.2, 0.25) is 0 Å². The van der Waals surface area contributed by atoms with Gasteiger partial charge in [0.1, 0.15) is 5.60 Å². The minimum atomic E-state index is -1.44. The molecule has 0 aromatic carbocycles. The van der Waals surface area contributed by atoms with Crippen LogP contribution in [0.1, 0.15) is 59.3 Å². The summed E-state index contributed by atoms with van der Waals surface area (Å²) >= 11 is 0. The molecule has 0 aromatic rings. The monoisotopic (exact) mass is 386 g/mol. The molecule has 0 aromatic heterocycles. The molecule has 3 rings (SSSR count). The molecule has 1 saturated carbocycles. The zero-order valence-corrected chi connectivity index (χ0v) is 16.1. The van der Waals surface area contributed by atoms with Crippen molar-refractivity contribution >= 4 is 11.9 Å². The van der Waals surface area contributed by atoms with Gasteiger partial charge >= 0.3 is 11.9 Å². The van der Waals surface area contributed by atoms with Crippen molar-refractivity contribution in [3.8, 4) is 0 Å². The number of rotatable bonds is 4. The SMILES string of the molecule is C[C@H]1[C@@H](OC(=O)CCC(=O)O)O[C@@H]2OC(C)(O)CC[C@H]3[C@H](C)CC[C@@H]1[C@@]23O. The van der Waals surface area contributed by atoms with Gasteiger partial charge in [0.2, 0.25) is 6.29 Å². The van der Waals surface area contributed by atoms with Gasteiger partial charge in [0.25, 0.3) is 0 Å². The topological polar surface area (TPSA) is 123 Å². The maximum Gasteiger partial charge on any atom is 0.308 e. The average Bonchev–Trinajstić information content (AvgIpc) is 2.66. The lowest BCUT2D eigenvalue weighted by atomic mass is 9.58. The van der Waals surface area contributed by atoms with E-state index < -0.39 is 35.9 Å². The predicted octanol–water partition coefficient (Wildman–Crippen LogP) is 1.63. The normalized spacial score (nSPS) is 46.9. The number of ether oxygens (including phenoxy) is 3. The minimum Gasteiger partial charge on any atom is -0.481 e. The Morgan fingerprint density at radius 1 is 1.11 bits per heavy atom. The highest BCUT2D eigenvalue weighted by Gasteiger charge is 2.64. The van der Waals surface area contributed by atoms with Crippen LogP contribution < -0.4 is 0 Å². The van der Waals surface area contributed by atoms with E-state index in [4.69, 9.17) is 19.3 Å². The first-order valence-electron chi connectivity index (χ1n) is 9.74. The summed E-state index contributed by atoms with van der Waals surface area (Å²) in [5.41, 5.74) is -1.26. The molecule has 27 heavy (non-hydrogen) atoms. The molecule has 3 aliphatic rings. The second-order valence-electron chi connectivity index (χ2n) is 8.57. The number of carbonyl (C=O) groups excluding carboxylic acids is 1. The van der Waals surface area contributed by atoms with Crippen molar-refractivity contribution in [2.45, 2.75) is 83.3 Å². The Balaban J connectivity index is 1.83. The summed E-state index contributed by atoms with van der Waals surface area (Å²) < 4.78 is 17.0. The third-order valence-corrected chi connectivity index (χ3v) is 6.58. The van der Waals surface area contributed by atoms with Crippen LogP contribution in [0.5, 0.6) is 0 Å². The molecule has 1 aliphatic carbocycles. The molecule has 8 nitrogen and oxygen atoms in total. The van der Waals surface area contributed by atoms with Crippen LogP contribution in [-0.4, -0.2) is 51.2 Å². The molecule has 2 aliphatic heterocycles. The number of carbonyl (C=O) groups is 2. The Labute approximate surface area is 158 Å². The van der Waals surface area contributed by atoms with Gasteiger partial charge < -0.3 is 29.5 Å². The van der Waals surface area contributed by atoms with Crippen molar-refractivity contribution in [2.24, 2.45) is 23.7 Å². The minimum absolute atomic E-state index is 0.0821. The van der Waals surface area contributed by atoms with E-state index in [1.54, 1.807) is 6.92 Å². The van der Waals surface area contributed by atoms with Crippen molar-refractivity contribution in [1.82, 2.24) is 0 Å². The highest BCUT2D eigenvalue weighted by atomic mass is 16.8. The number of aliphatic hydroxyl groups is 2. The van der Waals surface area contributed by atoms with Gasteiger partial charge in [0, 0.05) is 18.3 Å². The molecule has 2 saturated heterocycles. The molecule has 154 valence electrons. The van der Waals surface area contributed by atoms with Crippen molar-refractivity contribution < 1.29 is 39.1 Å². The van der Waals surface area contributed by atoms with Gasteiger partial charge in [0.15, 0.2) is 12.1 Å². The molecule has 2 heterocycles. The van der Waals surface area contributed by atoms with Gasteiger partial charge in [-0.3, -0.25) is 9.59 Å². The quantitative estimate of drug-likeness (QED) is 0.623. The van der Waals surface area contributed by atoms with Crippen LogP contribution in [0.4, 0.5) is 0 Å². The summed E-state index contributed by atoms with van der Waals surface area (Å²) in [6.45, 7) is 5.51. The summed E-state index contributed by atoms with van der Waals surface area (Å²) in [5.74, 6) is -3.49. The summed E-state index contributed by atoms with van der Waals surface area (Å²) in [6.07, 6.45) is 0.0399. The van der Waals surface area contributed by atoms with Gasteiger partial charge in [-0.2, -0.15) is 0 Å². The molecule has 0 bridgehead atoms. The standard InChI is InChI=1S/C19H30O8/c1-10-4-5-13-11(2)16(25-15(22)7-6-14(20)21)26-17-19(13,24)12(10)8-9-18(3,23)27-17/h10-13,16-17,23-24H,4-9H2,1-3H3,(H,20,21)/t10-,11-,12+,13+,16+,17-,18?,19-/m1/s1. The summed E-state index contributed by atoms with van der Waals surface area (Å²) in [5, 5.41) is 30.9. The summed E-state index contributed by atoms with van der Waals surface area (Å²) in [7, 11) is 0. The maximum absolute atomic E-state index is 12.0. The molecular weight excluding hydrogens is 356 g/mol. The van der Waals surface area contributed by atoms with E-state index in [1.165, 1.54) is 0 Å². The number of aliphatic carboxylic acids is 1. The largest absolute Gasteiger partial charge is 0.481 e. The van der Waals surface area contributed by atoms with Crippen LogP contribution >= 0.6 is 0 Å². The van der Waals surface area contributed by atoms with Gasteiger partial charge in [-0.25, -0.2) is 0 Å². The molecule has 0 spiro atoms. The Morgan fingerprint density at radius 2 is 1.81 bits per heavy atom. The molecule has 8 heteroatoms. The summed E-state index contributed by atoms with van der Waals surface area (Å²) in [6, 6.07) is 0. The number of carboxylic acids is 1. The van der Waals surface area contributed by atoms with E-state index in [9.17, 15) is 19.8 Å². The Bertz CT molecular complexity index is 590. The second kappa shape index (κ2) is 7.31. The Kier molecular flexibility index (Phi) is 5.55. The number of carboxylic acid groups (broad SMARTS) is 1. The van der Waals surface area contributed by atoms with Crippen LogP contribution in [0.3, 0.4) is 0 Å². The lowest BCUT2D eigenvalue weighted by Gasteiger charge is -2.57. The van der Waals surface area contributed by atoms with Gasteiger partial charge in [-0.15, -0.1) is 0 Å². The molecule has 0 radical (unpaired) electrons. The van der Waals surface area contributed by atoms with Gasteiger partial charge in [-0.05, 0) is 38.0 Å². The van der Waals surface area contributed by atoms with Crippen molar-refractivity contribution in [1.29, 1.82) is 0 Å². The number of hydrogen-bond donors (Lipinski definition) is 3. The van der Waals surface area contributed by atoms with Crippen molar-refractivity contribution in [2.75, 3.05) is 0 Å². The van der Waals surface area contributed by atoms with E-state index >= 15 is 0 Å². The van der Waals surface area contributed by atoms with E-state index in [-0.39, 0.29) is 36.5 Å². The highest BCUT2D eigenvalue weighted by Crippen LogP contribution is 2.55. The molecular formula is C19H30O8. The lowest BCUT2D eigenvalue weighted by Crippen LogP contribution is -2.67. The van der Waals surface area contributed by atoms with E-state index in [0.29, 0.717) is 12.8 Å². The molecule has 3 N–H and O–H groups in total.